The Morgan fingerprint density at radius 2 is 2.00 bits per heavy atom. The molecule has 0 aliphatic carbocycles. The highest BCUT2D eigenvalue weighted by atomic mass is 19.1. The van der Waals surface area contributed by atoms with Gasteiger partial charge in [-0.1, -0.05) is 11.8 Å². The van der Waals surface area contributed by atoms with E-state index in [9.17, 15) is 9.18 Å². The van der Waals surface area contributed by atoms with E-state index in [2.05, 4.69) is 11.8 Å². The fraction of sp³-hybridized carbons (Fsp3) is 0.400. The number of benzene rings is 1. The van der Waals surface area contributed by atoms with Gasteiger partial charge in [0.1, 0.15) is 5.82 Å². The third-order valence-corrected chi connectivity index (χ3v) is 2.77. The molecule has 1 rings (SSSR count). The zero-order valence-electron chi connectivity index (χ0n) is 12.1. The summed E-state index contributed by atoms with van der Waals surface area (Å²) in [6.45, 7) is 1.51. The molecule has 20 heavy (non-hydrogen) atoms. The van der Waals surface area contributed by atoms with Crippen LogP contribution in [0.1, 0.15) is 15.9 Å². The number of halogens is 1. The average Bonchev–Trinajstić information content (AvgIpc) is 2.42. The molecular weight excluding hydrogens is 257 g/mol. The third-order valence-electron chi connectivity index (χ3n) is 2.77. The van der Waals surface area contributed by atoms with Crippen molar-refractivity contribution in [3.05, 3.63) is 35.1 Å². The van der Waals surface area contributed by atoms with E-state index in [1.54, 1.807) is 18.0 Å². The minimum Gasteiger partial charge on any atom is -0.340 e. The second-order valence-electron chi connectivity index (χ2n) is 4.73. The molecule has 0 atom stereocenters. The first-order valence-corrected chi connectivity index (χ1v) is 6.34. The van der Waals surface area contributed by atoms with Crippen molar-refractivity contribution in [2.45, 2.75) is 0 Å². The van der Waals surface area contributed by atoms with Gasteiger partial charge in [-0.25, -0.2) is 4.39 Å². The molecular formula is C15H20FN3O. The molecule has 2 N–H and O–H groups in total. The van der Waals surface area contributed by atoms with Crippen molar-refractivity contribution >= 4 is 5.91 Å². The molecule has 0 saturated heterocycles. The van der Waals surface area contributed by atoms with Crippen LogP contribution in [0.25, 0.3) is 0 Å². The van der Waals surface area contributed by atoms with Gasteiger partial charge in [0.05, 0.1) is 12.1 Å². The van der Waals surface area contributed by atoms with Crippen molar-refractivity contribution < 1.29 is 9.18 Å². The van der Waals surface area contributed by atoms with E-state index in [-0.39, 0.29) is 18.0 Å². The molecule has 0 bridgehead atoms. The molecule has 0 spiro atoms. The van der Waals surface area contributed by atoms with Crippen molar-refractivity contribution in [3.63, 3.8) is 0 Å². The average molecular weight is 277 g/mol. The van der Waals surface area contributed by atoms with E-state index in [1.165, 1.54) is 12.1 Å². The Kier molecular flexibility index (Phi) is 6.16. The maximum Gasteiger partial charge on any atom is 0.253 e. The predicted octanol–water partition coefficient (Wildman–Crippen LogP) is 0.769. The van der Waals surface area contributed by atoms with Crippen LogP contribution in [-0.4, -0.2) is 56.5 Å². The molecule has 0 aromatic heterocycles. The molecule has 1 aromatic rings. The largest absolute Gasteiger partial charge is 0.340 e. The number of nitrogens with two attached hydrogens (primary N) is 1. The van der Waals surface area contributed by atoms with E-state index in [0.29, 0.717) is 12.1 Å². The molecule has 0 saturated carbocycles. The second kappa shape index (κ2) is 7.63. The van der Waals surface area contributed by atoms with Crippen LogP contribution in [0.3, 0.4) is 0 Å². The number of hydrogen-bond donors (Lipinski definition) is 1. The van der Waals surface area contributed by atoms with E-state index in [4.69, 9.17) is 5.73 Å². The van der Waals surface area contributed by atoms with Crippen molar-refractivity contribution in [1.29, 1.82) is 0 Å². The van der Waals surface area contributed by atoms with Crippen LogP contribution < -0.4 is 5.73 Å². The van der Waals surface area contributed by atoms with Gasteiger partial charge in [-0.15, -0.1) is 0 Å². The minimum absolute atomic E-state index is 0.174. The smallest absolute Gasteiger partial charge is 0.253 e. The zero-order chi connectivity index (χ0) is 15.1. The van der Waals surface area contributed by atoms with E-state index >= 15 is 0 Å². The van der Waals surface area contributed by atoms with Crippen molar-refractivity contribution in [1.82, 2.24) is 9.80 Å². The summed E-state index contributed by atoms with van der Waals surface area (Å²) in [4.78, 5) is 15.7. The van der Waals surface area contributed by atoms with Gasteiger partial charge in [-0.05, 0) is 32.3 Å². The van der Waals surface area contributed by atoms with E-state index < -0.39 is 5.82 Å². The SMILES string of the molecule is CN(C)CCN(C)C(=O)c1ccc(C#CCN)c(F)c1. The normalized spacial score (nSPS) is 10.1. The topological polar surface area (TPSA) is 49.6 Å². The summed E-state index contributed by atoms with van der Waals surface area (Å²) < 4.78 is 13.8. The Morgan fingerprint density at radius 3 is 2.55 bits per heavy atom. The molecule has 4 nitrogen and oxygen atoms in total. The van der Waals surface area contributed by atoms with Crippen molar-refractivity contribution in [2.24, 2.45) is 5.73 Å². The highest BCUT2D eigenvalue weighted by Gasteiger charge is 2.13. The van der Waals surface area contributed by atoms with Crippen LogP contribution in [0, 0.1) is 17.7 Å². The Bertz CT molecular complexity index is 532. The number of carbonyl (C=O) groups is 1. The van der Waals surface area contributed by atoms with Gasteiger partial charge in [0, 0.05) is 25.7 Å². The first-order chi connectivity index (χ1) is 9.45. The standard InChI is InChI=1S/C15H20FN3O/c1-18(2)9-10-19(3)15(20)13-7-6-12(5-4-8-17)14(16)11-13/h6-7,11H,8-10,17H2,1-3H3. The summed E-state index contributed by atoms with van der Waals surface area (Å²) in [5.41, 5.74) is 5.82. The highest BCUT2D eigenvalue weighted by molar-refractivity contribution is 5.94. The molecule has 1 aromatic carbocycles. The van der Waals surface area contributed by atoms with Gasteiger partial charge in [-0.3, -0.25) is 4.79 Å². The summed E-state index contributed by atoms with van der Waals surface area (Å²) in [6.07, 6.45) is 0. The predicted molar refractivity (Wildman–Crippen MR) is 77.8 cm³/mol. The van der Waals surface area contributed by atoms with Gasteiger partial charge < -0.3 is 15.5 Å². The van der Waals surface area contributed by atoms with Crippen molar-refractivity contribution in [3.8, 4) is 11.8 Å². The maximum absolute atomic E-state index is 13.8. The van der Waals surface area contributed by atoms with E-state index in [1.807, 2.05) is 19.0 Å². The molecule has 5 heteroatoms. The number of carbonyl (C=O) groups excluding carboxylic acids is 1. The minimum atomic E-state index is -0.502. The number of rotatable bonds is 4. The van der Waals surface area contributed by atoms with Crippen LogP contribution in [-0.2, 0) is 0 Å². The lowest BCUT2D eigenvalue weighted by atomic mass is 10.1. The molecule has 0 heterocycles. The highest BCUT2D eigenvalue weighted by Crippen LogP contribution is 2.11. The molecule has 0 unspecified atom stereocenters. The quantitative estimate of drug-likeness (QED) is 0.827. The van der Waals surface area contributed by atoms with Crippen LogP contribution in [0.5, 0.6) is 0 Å². The van der Waals surface area contributed by atoms with Crippen LogP contribution in [0.15, 0.2) is 18.2 Å². The van der Waals surface area contributed by atoms with Crippen molar-refractivity contribution in [2.75, 3.05) is 40.8 Å². The summed E-state index contributed by atoms with van der Waals surface area (Å²) in [6, 6.07) is 4.30. The van der Waals surface area contributed by atoms with E-state index in [0.717, 1.165) is 6.54 Å². The fourth-order valence-corrected chi connectivity index (χ4v) is 1.57. The summed E-state index contributed by atoms with van der Waals surface area (Å²) >= 11 is 0. The van der Waals surface area contributed by atoms with Gasteiger partial charge in [0.15, 0.2) is 0 Å². The molecule has 0 aliphatic heterocycles. The summed E-state index contributed by atoms with van der Waals surface area (Å²) in [5.74, 6) is 4.51. The maximum atomic E-state index is 13.8. The van der Waals surface area contributed by atoms with Crippen LogP contribution >= 0.6 is 0 Å². The lowest BCUT2D eigenvalue weighted by molar-refractivity contribution is 0.0786. The third kappa shape index (κ3) is 4.65. The number of amides is 1. The number of nitrogens with zero attached hydrogens (tertiary/aromatic N) is 2. The molecule has 1 amide bonds. The summed E-state index contributed by atoms with van der Waals surface area (Å²) in [5, 5.41) is 0. The van der Waals surface area contributed by atoms with Gasteiger partial charge in [0.25, 0.3) is 5.91 Å². The molecule has 108 valence electrons. The fourth-order valence-electron chi connectivity index (χ4n) is 1.57. The van der Waals surface area contributed by atoms with Gasteiger partial charge in [-0.2, -0.15) is 0 Å². The van der Waals surface area contributed by atoms with Crippen LogP contribution in [0.2, 0.25) is 0 Å². The molecule has 0 radical (unpaired) electrons. The lowest BCUT2D eigenvalue weighted by Crippen LogP contribution is -2.33. The second-order valence-corrected chi connectivity index (χ2v) is 4.73. The lowest BCUT2D eigenvalue weighted by Gasteiger charge is -2.19. The zero-order valence-corrected chi connectivity index (χ0v) is 12.1. The molecule has 0 fully saturated rings. The first kappa shape index (κ1) is 16.2. The Morgan fingerprint density at radius 1 is 1.30 bits per heavy atom. The van der Waals surface area contributed by atoms with Gasteiger partial charge >= 0.3 is 0 Å². The summed E-state index contributed by atoms with van der Waals surface area (Å²) in [7, 11) is 5.57. The first-order valence-electron chi connectivity index (χ1n) is 6.34. The Labute approximate surface area is 119 Å². The number of hydrogen-bond acceptors (Lipinski definition) is 3. The Balaban J connectivity index is 2.81. The monoisotopic (exact) mass is 277 g/mol. The number of likely N-dealkylation sites (N-methyl/N-ethyl adjacent to an activating group) is 2. The molecule has 0 aliphatic rings. The van der Waals surface area contributed by atoms with Gasteiger partial charge in [0.2, 0.25) is 0 Å². The van der Waals surface area contributed by atoms with Crippen LogP contribution in [0.4, 0.5) is 4.39 Å². The Hall–Kier alpha value is -1.90.